The number of amides is 1. The molecule has 0 aromatic carbocycles. The summed E-state index contributed by atoms with van der Waals surface area (Å²) in [4.78, 5) is 17.9. The summed E-state index contributed by atoms with van der Waals surface area (Å²) in [5, 5.41) is 2.79. The molecule has 0 radical (unpaired) electrons. The van der Waals surface area contributed by atoms with Crippen molar-refractivity contribution >= 4 is 29.2 Å². The fourth-order valence-electron chi connectivity index (χ4n) is 1.19. The summed E-state index contributed by atoms with van der Waals surface area (Å²) in [5.74, 6) is 1.03. The average Bonchev–Trinajstić information content (AvgIpc) is 2.26. The number of aromatic nitrogens is 1. The summed E-state index contributed by atoms with van der Waals surface area (Å²) in [6, 6.07) is 3.74. The Balaban J connectivity index is 2.50. The van der Waals surface area contributed by atoms with Crippen molar-refractivity contribution in [1.82, 2.24) is 4.98 Å². The van der Waals surface area contributed by atoms with E-state index in [1.54, 1.807) is 18.0 Å². The molecule has 5 heteroatoms. The average molecular weight is 267 g/mol. The molecule has 0 spiro atoms. The molecule has 18 heavy (non-hydrogen) atoms. The maximum atomic E-state index is 11.7. The lowest BCUT2D eigenvalue weighted by atomic mass is 10.3. The third-order valence-corrected chi connectivity index (χ3v) is 3.44. The van der Waals surface area contributed by atoms with E-state index in [0.717, 1.165) is 5.69 Å². The summed E-state index contributed by atoms with van der Waals surface area (Å²) in [6.45, 7) is 6.28. The minimum atomic E-state index is -0.0139. The number of pyridine rings is 1. The Labute approximate surface area is 113 Å². The molecule has 0 atom stereocenters. The monoisotopic (exact) mass is 267 g/mol. The maximum absolute atomic E-state index is 11.7. The molecule has 100 valence electrons. The molecule has 0 unspecified atom stereocenters. The van der Waals surface area contributed by atoms with Crippen molar-refractivity contribution in [2.24, 2.45) is 0 Å². The number of hydrogen-bond acceptors (Lipinski definition) is 4. The Bertz CT molecular complexity index is 396. The van der Waals surface area contributed by atoms with E-state index in [1.165, 1.54) is 0 Å². The van der Waals surface area contributed by atoms with Crippen molar-refractivity contribution in [3.8, 4) is 0 Å². The predicted octanol–water partition coefficient (Wildman–Crippen LogP) is 2.62. The van der Waals surface area contributed by atoms with Crippen LogP contribution in [0.3, 0.4) is 0 Å². The minimum absolute atomic E-state index is 0.0139. The molecule has 0 aliphatic carbocycles. The van der Waals surface area contributed by atoms with Crippen molar-refractivity contribution in [1.29, 1.82) is 0 Å². The van der Waals surface area contributed by atoms with Crippen LogP contribution in [-0.4, -0.2) is 35.5 Å². The summed E-state index contributed by atoms with van der Waals surface area (Å²) in [6.07, 6.45) is 1.74. The lowest BCUT2D eigenvalue weighted by Gasteiger charge is -2.17. The van der Waals surface area contributed by atoms with Gasteiger partial charge in [-0.25, -0.2) is 4.98 Å². The van der Waals surface area contributed by atoms with E-state index in [4.69, 9.17) is 0 Å². The number of rotatable bonds is 4. The summed E-state index contributed by atoms with van der Waals surface area (Å²) in [5.41, 5.74) is 1.01. The highest BCUT2D eigenvalue weighted by molar-refractivity contribution is 8.01. The quantitative estimate of drug-likeness (QED) is 0.911. The lowest BCUT2D eigenvalue weighted by Crippen LogP contribution is -2.19. The van der Waals surface area contributed by atoms with Gasteiger partial charge in [0.15, 0.2) is 0 Å². The number of carbonyl (C=O) groups excluding carboxylic acids is 1. The lowest BCUT2D eigenvalue weighted by molar-refractivity contribution is -0.113. The van der Waals surface area contributed by atoms with Crippen molar-refractivity contribution in [2.45, 2.75) is 25.5 Å². The first-order valence-corrected chi connectivity index (χ1v) is 6.84. The van der Waals surface area contributed by atoms with Crippen LogP contribution in [0.5, 0.6) is 0 Å². The molecule has 1 rings (SSSR count). The van der Waals surface area contributed by atoms with Crippen LogP contribution >= 0.6 is 11.8 Å². The first-order valence-electron chi connectivity index (χ1n) is 5.85. The Hall–Kier alpha value is -1.23. The van der Waals surface area contributed by atoms with Gasteiger partial charge in [0.25, 0.3) is 0 Å². The topological polar surface area (TPSA) is 45.2 Å². The first kappa shape index (κ1) is 14.8. The molecule has 0 saturated carbocycles. The molecule has 0 saturated heterocycles. The number of thioether (sulfide) groups is 1. The van der Waals surface area contributed by atoms with Gasteiger partial charge in [-0.05, 0) is 12.1 Å². The van der Waals surface area contributed by atoms with Crippen LogP contribution in [0, 0.1) is 0 Å². The van der Waals surface area contributed by atoms with E-state index in [2.05, 4.69) is 31.1 Å². The zero-order valence-electron chi connectivity index (χ0n) is 11.7. The molecule has 1 heterocycles. The van der Waals surface area contributed by atoms with Crippen LogP contribution in [0.2, 0.25) is 0 Å². The molecule has 4 nitrogen and oxygen atoms in total. The van der Waals surface area contributed by atoms with Crippen molar-refractivity contribution in [2.75, 3.05) is 30.1 Å². The van der Waals surface area contributed by atoms with Crippen molar-refractivity contribution in [3.05, 3.63) is 18.3 Å². The third kappa shape index (κ3) is 5.40. The van der Waals surface area contributed by atoms with E-state index in [9.17, 15) is 4.79 Å². The smallest absolute Gasteiger partial charge is 0.235 e. The molecule has 1 amide bonds. The summed E-state index contributed by atoms with van der Waals surface area (Å²) in [7, 11) is 3.91. The minimum Gasteiger partial charge on any atom is -0.376 e. The number of nitrogens with zero attached hydrogens (tertiary/aromatic N) is 2. The van der Waals surface area contributed by atoms with Gasteiger partial charge in [-0.1, -0.05) is 20.8 Å². The second kappa shape index (κ2) is 6.09. The van der Waals surface area contributed by atoms with Gasteiger partial charge in [0.05, 0.1) is 17.6 Å². The van der Waals surface area contributed by atoms with Crippen LogP contribution in [0.25, 0.3) is 0 Å². The van der Waals surface area contributed by atoms with Gasteiger partial charge in [-0.3, -0.25) is 4.79 Å². The Morgan fingerprint density at radius 1 is 1.39 bits per heavy atom. The van der Waals surface area contributed by atoms with E-state index in [1.807, 2.05) is 31.1 Å². The van der Waals surface area contributed by atoms with E-state index in [0.29, 0.717) is 11.6 Å². The molecular weight excluding hydrogens is 246 g/mol. The zero-order chi connectivity index (χ0) is 13.8. The Morgan fingerprint density at radius 2 is 2.06 bits per heavy atom. The number of hydrogen-bond donors (Lipinski definition) is 1. The van der Waals surface area contributed by atoms with E-state index < -0.39 is 0 Å². The molecule has 1 N–H and O–H groups in total. The number of carbonyl (C=O) groups is 1. The fraction of sp³-hybridized carbons (Fsp3) is 0.538. The fourth-order valence-corrected chi connectivity index (χ4v) is 1.82. The van der Waals surface area contributed by atoms with E-state index in [-0.39, 0.29) is 10.7 Å². The summed E-state index contributed by atoms with van der Waals surface area (Å²) >= 11 is 1.62. The van der Waals surface area contributed by atoms with Gasteiger partial charge in [0.2, 0.25) is 5.91 Å². The van der Waals surface area contributed by atoms with Crippen LogP contribution in [-0.2, 0) is 4.79 Å². The van der Waals surface area contributed by atoms with Crippen LogP contribution in [0.1, 0.15) is 20.8 Å². The molecule has 0 fully saturated rings. The molecule has 0 bridgehead atoms. The largest absolute Gasteiger partial charge is 0.376 e. The second-order valence-electron chi connectivity index (χ2n) is 5.25. The maximum Gasteiger partial charge on any atom is 0.235 e. The Kier molecular flexibility index (Phi) is 5.02. The summed E-state index contributed by atoms with van der Waals surface area (Å²) < 4.78 is 0.0968. The van der Waals surface area contributed by atoms with Gasteiger partial charge < -0.3 is 10.2 Å². The predicted molar refractivity (Wildman–Crippen MR) is 79.4 cm³/mol. The van der Waals surface area contributed by atoms with Crippen LogP contribution in [0.4, 0.5) is 11.5 Å². The zero-order valence-corrected chi connectivity index (χ0v) is 12.5. The normalized spacial score (nSPS) is 11.2. The van der Waals surface area contributed by atoms with Gasteiger partial charge >= 0.3 is 0 Å². The standard InChI is InChI=1S/C13H21N3OS/c1-13(2,3)18-9-12(17)15-11-7-6-10(8-14-11)16(4)5/h6-8H,9H2,1-5H3,(H,14,15,17). The highest BCUT2D eigenvalue weighted by Crippen LogP contribution is 2.23. The van der Waals surface area contributed by atoms with Gasteiger partial charge in [0, 0.05) is 18.8 Å². The van der Waals surface area contributed by atoms with Crippen molar-refractivity contribution in [3.63, 3.8) is 0 Å². The van der Waals surface area contributed by atoms with Gasteiger partial charge in [0.1, 0.15) is 5.82 Å². The van der Waals surface area contributed by atoms with Crippen LogP contribution in [0.15, 0.2) is 18.3 Å². The molecule has 1 aromatic heterocycles. The van der Waals surface area contributed by atoms with E-state index >= 15 is 0 Å². The molecular formula is C13H21N3OS. The highest BCUT2D eigenvalue weighted by Gasteiger charge is 2.13. The van der Waals surface area contributed by atoms with Gasteiger partial charge in [-0.2, -0.15) is 0 Å². The SMILES string of the molecule is CN(C)c1ccc(NC(=O)CSC(C)(C)C)nc1. The number of anilines is 2. The van der Waals surface area contributed by atoms with Gasteiger partial charge in [-0.15, -0.1) is 11.8 Å². The Morgan fingerprint density at radius 3 is 2.50 bits per heavy atom. The molecule has 0 aliphatic heterocycles. The molecule has 0 aliphatic rings. The second-order valence-corrected chi connectivity index (χ2v) is 7.05. The highest BCUT2D eigenvalue weighted by atomic mass is 32.2. The third-order valence-electron chi connectivity index (χ3n) is 2.17. The molecule has 1 aromatic rings. The number of nitrogens with one attached hydrogen (secondary N) is 1. The van der Waals surface area contributed by atoms with Crippen molar-refractivity contribution < 1.29 is 4.79 Å². The first-order chi connectivity index (χ1) is 8.28. The van der Waals surface area contributed by atoms with Crippen LogP contribution < -0.4 is 10.2 Å².